The van der Waals surface area contributed by atoms with Crippen LogP contribution in [0.4, 0.5) is 5.69 Å². The van der Waals surface area contributed by atoms with E-state index in [9.17, 15) is 0 Å². The lowest BCUT2D eigenvalue weighted by Gasteiger charge is -2.37. The van der Waals surface area contributed by atoms with Gasteiger partial charge in [-0.1, -0.05) is 6.92 Å². The van der Waals surface area contributed by atoms with Crippen LogP contribution in [-0.4, -0.2) is 22.5 Å². The minimum absolute atomic E-state index is 0.634. The molecule has 1 aromatic rings. The molecule has 1 aliphatic heterocycles. The summed E-state index contributed by atoms with van der Waals surface area (Å²) in [5.41, 5.74) is 7.76. The number of nitrogen functional groups attached to an aromatic ring is 1. The van der Waals surface area contributed by atoms with Gasteiger partial charge in [0.05, 0.1) is 11.4 Å². The molecule has 1 saturated heterocycles. The zero-order chi connectivity index (χ0) is 11.5. The number of hydrogen-bond acceptors (Lipinski definition) is 3. The maximum Gasteiger partial charge on any atom is 0.0772 e. The zero-order valence-electron chi connectivity index (χ0n) is 10.2. The molecule has 2 heterocycles. The molecule has 1 aromatic heterocycles. The Labute approximate surface area is 97.7 Å². The predicted octanol–water partition coefficient (Wildman–Crippen LogP) is 2.28. The van der Waals surface area contributed by atoms with Crippen molar-refractivity contribution in [1.82, 2.24) is 9.88 Å². The van der Waals surface area contributed by atoms with Crippen LogP contribution in [-0.2, 0) is 6.54 Å². The number of nitrogens with two attached hydrogens (primary N) is 1. The summed E-state index contributed by atoms with van der Waals surface area (Å²) >= 11 is 0. The lowest BCUT2D eigenvalue weighted by atomic mass is 9.92. The fourth-order valence-electron chi connectivity index (χ4n) is 2.42. The van der Waals surface area contributed by atoms with E-state index in [-0.39, 0.29) is 0 Å². The fraction of sp³-hybridized carbons (Fsp3) is 0.615. The van der Waals surface area contributed by atoms with Crippen LogP contribution in [0, 0.1) is 5.92 Å². The van der Waals surface area contributed by atoms with Gasteiger partial charge >= 0.3 is 0 Å². The molecule has 1 fully saturated rings. The van der Waals surface area contributed by atoms with Crippen LogP contribution in [0.2, 0.25) is 0 Å². The molecular weight excluding hydrogens is 198 g/mol. The molecule has 0 spiro atoms. The minimum Gasteiger partial charge on any atom is -0.397 e. The number of anilines is 1. The second-order valence-electron chi connectivity index (χ2n) is 4.87. The summed E-state index contributed by atoms with van der Waals surface area (Å²) in [6.07, 6.45) is 4.46. The van der Waals surface area contributed by atoms with Crippen molar-refractivity contribution < 1.29 is 0 Å². The SMILES string of the molecule is CC1CCCN(Cc2ncccc2N)C1C. The lowest BCUT2D eigenvalue weighted by Crippen LogP contribution is -2.42. The van der Waals surface area contributed by atoms with Gasteiger partial charge in [0.2, 0.25) is 0 Å². The maximum atomic E-state index is 5.93. The molecule has 0 radical (unpaired) electrons. The molecule has 0 amide bonds. The van der Waals surface area contributed by atoms with E-state index in [0.717, 1.165) is 23.8 Å². The molecule has 3 nitrogen and oxygen atoms in total. The third-order valence-electron chi connectivity index (χ3n) is 3.78. The molecule has 0 bridgehead atoms. The van der Waals surface area contributed by atoms with Gasteiger partial charge in [-0.25, -0.2) is 0 Å². The molecular formula is C13H21N3. The van der Waals surface area contributed by atoms with E-state index in [4.69, 9.17) is 5.73 Å². The van der Waals surface area contributed by atoms with Crippen LogP contribution < -0.4 is 5.73 Å². The molecule has 0 saturated carbocycles. The normalized spacial score (nSPS) is 26.9. The number of nitrogens with zero attached hydrogens (tertiary/aromatic N) is 2. The summed E-state index contributed by atoms with van der Waals surface area (Å²) in [6.45, 7) is 6.70. The van der Waals surface area contributed by atoms with Crippen LogP contribution in [0.3, 0.4) is 0 Å². The Bertz CT molecular complexity index is 351. The van der Waals surface area contributed by atoms with Crippen LogP contribution >= 0.6 is 0 Å². The monoisotopic (exact) mass is 219 g/mol. The second kappa shape index (κ2) is 4.83. The maximum absolute atomic E-state index is 5.93. The molecule has 2 rings (SSSR count). The van der Waals surface area contributed by atoms with Crippen LogP contribution in [0.25, 0.3) is 0 Å². The summed E-state index contributed by atoms with van der Waals surface area (Å²) in [6, 6.07) is 4.46. The van der Waals surface area contributed by atoms with E-state index in [1.807, 2.05) is 18.3 Å². The zero-order valence-corrected chi connectivity index (χ0v) is 10.2. The number of pyridine rings is 1. The summed E-state index contributed by atoms with van der Waals surface area (Å²) in [5, 5.41) is 0. The van der Waals surface area contributed by atoms with Gasteiger partial charge in [-0.15, -0.1) is 0 Å². The van der Waals surface area contributed by atoms with E-state index in [0.29, 0.717) is 6.04 Å². The highest BCUT2D eigenvalue weighted by Gasteiger charge is 2.25. The van der Waals surface area contributed by atoms with Crippen molar-refractivity contribution in [1.29, 1.82) is 0 Å². The molecule has 88 valence electrons. The first-order valence-corrected chi connectivity index (χ1v) is 6.12. The van der Waals surface area contributed by atoms with Crippen molar-refractivity contribution in [3.63, 3.8) is 0 Å². The predicted molar refractivity (Wildman–Crippen MR) is 66.9 cm³/mol. The Morgan fingerprint density at radius 2 is 2.31 bits per heavy atom. The molecule has 16 heavy (non-hydrogen) atoms. The van der Waals surface area contributed by atoms with Gasteiger partial charge in [0.1, 0.15) is 0 Å². The van der Waals surface area contributed by atoms with Gasteiger partial charge in [0.25, 0.3) is 0 Å². The van der Waals surface area contributed by atoms with Crippen molar-refractivity contribution in [2.24, 2.45) is 5.92 Å². The van der Waals surface area contributed by atoms with Crippen molar-refractivity contribution in [2.45, 2.75) is 39.3 Å². The molecule has 2 atom stereocenters. The first-order chi connectivity index (χ1) is 7.68. The highest BCUT2D eigenvalue weighted by molar-refractivity contribution is 5.41. The second-order valence-corrected chi connectivity index (χ2v) is 4.87. The van der Waals surface area contributed by atoms with E-state index in [1.165, 1.54) is 19.4 Å². The standard InChI is InChI=1S/C13H21N3/c1-10-5-4-8-16(11(10)2)9-13-12(14)6-3-7-15-13/h3,6-7,10-11H,4-5,8-9,14H2,1-2H3. The van der Waals surface area contributed by atoms with E-state index in [2.05, 4.69) is 23.7 Å². The van der Waals surface area contributed by atoms with E-state index in [1.54, 1.807) is 0 Å². The average molecular weight is 219 g/mol. The fourth-order valence-corrected chi connectivity index (χ4v) is 2.42. The Morgan fingerprint density at radius 1 is 1.50 bits per heavy atom. The molecule has 0 aliphatic carbocycles. The van der Waals surface area contributed by atoms with Gasteiger partial charge in [-0.3, -0.25) is 9.88 Å². The first-order valence-electron chi connectivity index (χ1n) is 6.12. The van der Waals surface area contributed by atoms with E-state index < -0.39 is 0 Å². The highest BCUT2D eigenvalue weighted by Crippen LogP contribution is 2.24. The quantitative estimate of drug-likeness (QED) is 0.829. The first kappa shape index (κ1) is 11.4. The number of piperidine rings is 1. The van der Waals surface area contributed by atoms with Crippen molar-refractivity contribution in [3.8, 4) is 0 Å². The molecule has 2 unspecified atom stereocenters. The summed E-state index contributed by atoms with van der Waals surface area (Å²) in [4.78, 5) is 6.86. The van der Waals surface area contributed by atoms with Gasteiger partial charge in [-0.05, 0) is 44.4 Å². The largest absolute Gasteiger partial charge is 0.397 e. The molecule has 2 N–H and O–H groups in total. The Balaban J connectivity index is 2.06. The van der Waals surface area contributed by atoms with Gasteiger partial charge in [0.15, 0.2) is 0 Å². The topological polar surface area (TPSA) is 42.2 Å². The average Bonchev–Trinajstić information content (AvgIpc) is 2.28. The Morgan fingerprint density at radius 3 is 3.06 bits per heavy atom. The smallest absolute Gasteiger partial charge is 0.0772 e. The number of likely N-dealkylation sites (tertiary alicyclic amines) is 1. The van der Waals surface area contributed by atoms with Gasteiger partial charge in [-0.2, -0.15) is 0 Å². The highest BCUT2D eigenvalue weighted by atomic mass is 15.2. The summed E-state index contributed by atoms with van der Waals surface area (Å²) in [5.74, 6) is 0.777. The van der Waals surface area contributed by atoms with Crippen LogP contribution in [0.15, 0.2) is 18.3 Å². The van der Waals surface area contributed by atoms with Gasteiger partial charge < -0.3 is 5.73 Å². The summed E-state index contributed by atoms with van der Waals surface area (Å²) in [7, 11) is 0. The molecule has 3 heteroatoms. The summed E-state index contributed by atoms with van der Waals surface area (Å²) < 4.78 is 0. The number of aromatic nitrogens is 1. The number of hydrogen-bond donors (Lipinski definition) is 1. The van der Waals surface area contributed by atoms with Crippen LogP contribution in [0.1, 0.15) is 32.4 Å². The number of rotatable bonds is 2. The minimum atomic E-state index is 0.634. The van der Waals surface area contributed by atoms with Gasteiger partial charge in [0, 0.05) is 18.8 Å². The third kappa shape index (κ3) is 2.35. The van der Waals surface area contributed by atoms with Crippen molar-refractivity contribution in [3.05, 3.63) is 24.0 Å². The molecule has 1 aliphatic rings. The van der Waals surface area contributed by atoms with E-state index >= 15 is 0 Å². The van der Waals surface area contributed by atoms with Crippen molar-refractivity contribution >= 4 is 5.69 Å². The lowest BCUT2D eigenvalue weighted by molar-refractivity contribution is 0.105. The van der Waals surface area contributed by atoms with Crippen molar-refractivity contribution in [2.75, 3.05) is 12.3 Å². The molecule has 0 aromatic carbocycles. The Kier molecular flexibility index (Phi) is 3.44. The third-order valence-corrected chi connectivity index (χ3v) is 3.78. The Hall–Kier alpha value is -1.09. The van der Waals surface area contributed by atoms with Crippen LogP contribution in [0.5, 0.6) is 0 Å².